The zero-order chi connectivity index (χ0) is 14.8. The van der Waals surface area contributed by atoms with Crippen LogP contribution >= 0.6 is 34.5 Å². The number of hydrogen-bond acceptors (Lipinski definition) is 5. The molecular weight excluding hydrogens is 329 g/mol. The number of ether oxygens (including phenoxy) is 1. The van der Waals surface area contributed by atoms with Crippen molar-refractivity contribution in [1.82, 2.24) is 9.97 Å². The molecule has 1 aromatic carbocycles. The SMILES string of the molecule is CNc1nc(COc2cccc(Cl)c2Cl)nc2sccc12. The summed E-state index contributed by atoms with van der Waals surface area (Å²) in [7, 11) is 1.83. The van der Waals surface area contributed by atoms with Crippen molar-refractivity contribution in [3.8, 4) is 5.75 Å². The van der Waals surface area contributed by atoms with Gasteiger partial charge in [-0.1, -0.05) is 29.3 Å². The van der Waals surface area contributed by atoms with E-state index in [-0.39, 0.29) is 6.61 Å². The van der Waals surface area contributed by atoms with E-state index in [0.29, 0.717) is 21.6 Å². The number of aromatic nitrogens is 2. The minimum absolute atomic E-state index is 0.225. The molecule has 3 rings (SSSR count). The first kappa shape index (κ1) is 14.4. The fourth-order valence-corrected chi connectivity index (χ4v) is 3.02. The average Bonchev–Trinajstić information content (AvgIpc) is 2.96. The Hall–Kier alpha value is -1.56. The number of benzene rings is 1. The van der Waals surface area contributed by atoms with Gasteiger partial charge in [-0.05, 0) is 23.6 Å². The molecule has 7 heteroatoms. The molecule has 2 heterocycles. The Morgan fingerprint density at radius 2 is 2.10 bits per heavy atom. The van der Waals surface area contributed by atoms with Crippen LogP contribution in [0, 0.1) is 0 Å². The molecular formula is C14H11Cl2N3OS. The Morgan fingerprint density at radius 3 is 2.90 bits per heavy atom. The molecule has 0 bridgehead atoms. The van der Waals surface area contributed by atoms with Gasteiger partial charge in [0.25, 0.3) is 0 Å². The molecule has 0 fully saturated rings. The van der Waals surface area contributed by atoms with Crippen LogP contribution in [0.5, 0.6) is 5.75 Å². The maximum atomic E-state index is 6.09. The van der Waals surface area contributed by atoms with Crippen molar-refractivity contribution in [3.63, 3.8) is 0 Å². The summed E-state index contributed by atoms with van der Waals surface area (Å²) in [4.78, 5) is 9.84. The lowest BCUT2D eigenvalue weighted by Gasteiger charge is -2.09. The van der Waals surface area contributed by atoms with Gasteiger partial charge in [0, 0.05) is 7.05 Å². The molecule has 21 heavy (non-hydrogen) atoms. The quantitative estimate of drug-likeness (QED) is 0.753. The molecule has 108 valence electrons. The standard InChI is InChI=1S/C14H11Cl2N3OS/c1-17-13-8-5-6-21-14(8)19-11(18-13)7-20-10-4-2-3-9(15)12(10)16/h2-6H,7H2,1H3,(H,17,18,19). The molecule has 0 radical (unpaired) electrons. The molecule has 0 amide bonds. The molecule has 3 aromatic rings. The van der Waals surface area contributed by atoms with Crippen molar-refractivity contribution in [2.75, 3.05) is 12.4 Å². The lowest BCUT2D eigenvalue weighted by molar-refractivity contribution is 0.297. The summed E-state index contributed by atoms with van der Waals surface area (Å²) in [5.41, 5.74) is 0. The van der Waals surface area contributed by atoms with Gasteiger partial charge in [0.1, 0.15) is 28.0 Å². The van der Waals surface area contributed by atoms with Crippen molar-refractivity contribution >= 4 is 50.6 Å². The summed E-state index contributed by atoms with van der Waals surface area (Å²) in [6.45, 7) is 0.225. The summed E-state index contributed by atoms with van der Waals surface area (Å²) < 4.78 is 5.66. The molecule has 0 aliphatic carbocycles. The van der Waals surface area contributed by atoms with Crippen LogP contribution in [0.1, 0.15) is 5.82 Å². The number of thiophene rings is 1. The van der Waals surface area contributed by atoms with E-state index in [0.717, 1.165) is 16.0 Å². The third-order valence-corrected chi connectivity index (χ3v) is 4.49. The molecule has 4 nitrogen and oxygen atoms in total. The van der Waals surface area contributed by atoms with Gasteiger partial charge >= 0.3 is 0 Å². The first-order valence-electron chi connectivity index (χ1n) is 6.17. The van der Waals surface area contributed by atoms with Gasteiger partial charge in [0.05, 0.1) is 10.4 Å². The molecule has 0 saturated heterocycles. The van der Waals surface area contributed by atoms with E-state index in [1.165, 1.54) is 0 Å². The third-order valence-electron chi connectivity index (χ3n) is 2.88. The second kappa shape index (κ2) is 6.05. The maximum Gasteiger partial charge on any atom is 0.169 e. The predicted octanol–water partition coefficient (Wildman–Crippen LogP) is 4.62. The molecule has 0 spiro atoms. The van der Waals surface area contributed by atoms with Gasteiger partial charge in [-0.15, -0.1) is 11.3 Å². The number of anilines is 1. The number of fused-ring (bicyclic) bond motifs is 1. The van der Waals surface area contributed by atoms with E-state index in [1.54, 1.807) is 29.5 Å². The van der Waals surface area contributed by atoms with Crippen molar-refractivity contribution < 1.29 is 4.74 Å². The first-order chi connectivity index (χ1) is 10.2. The van der Waals surface area contributed by atoms with Crippen LogP contribution in [0.3, 0.4) is 0 Å². The normalized spacial score (nSPS) is 10.8. The minimum atomic E-state index is 0.225. The number of nitrogens with zero attached hydrogens (tertiary/aromatic N) is 2. The molecule has 2 aromatic heterocycles. The van der Waals surface area contributed by atoms with Crippen LogP contribution < -0.4 is 10.1 Å². The summed E-state index contributed by atoms with van der Waals surface area (Å²) in [5, 5.41) is 6.91. The largest absolute Gasteiger partial charge is 0.484 e. The van der Waals surface area contributed by atoms with Crippen molar-refractivity contribution in [2.24, 2.45) is 0 Å². The second-order valence-electron chi connectivity index (χ2n) is 4.22. The summed E-state index contributed by atoms with van der Waals surface area (Å²) in [6, 6.07) is 7.25. The summed E-state index contributed by atoms with van der Waals surface area (Å²) in [5.74, 6) is 1.90. The zero-order valence-corrected chi connectivity index (χ0v) is 13.4. The lowest BCUT2D eigenvalue weighted by Crippen LogP contribution is -2.04. The highest BCUT2D eigenvalue weighted by atomic mass is 35.5. The van der Waals surface area contributed by atoms with Crippen LogP contribution in [-0.4, -0.2) is 17.0 Å². The third kappa shape index (κ3) is 2.90. The van der Waals surface area contributed by atoms with Crippen molar-refractivity contribution in [2.45, 2.75) is 6.61 Å². The highest BCUT2D eigenvalue weighted by molar-refractivity contribution is 7.16. The zero-order valence-electron chi connectivity index (χ0n) is 11.1. The fourth-order valence-electron chi connectivity index (χ4n) is 1.89. The van der Waals surface area contributed by atoms with E-state index in [2.05, 4.69) is 15.3 Å². The number of hydrogen-bond donors (Lipinski definition) is 1. The smallest absolute Gasteiger partial charge is 0.169 e. The van der Waals surface area contributed by atoms with Crippen LogP contribution in [0.25, 0.3) is 10.2 Å². The fraction of sp³-hybridized carbons (Fsp3) is 0.143. The van der Waals surface area contributed by atoms with Gasteiger partial charge in [-0.2, -0.15) is 0 Å². The topological polar surface area (TPSA) is 47.0 Å². The average molecular weight is 340 g/mol. The Kier molecular flexibility index (Phi) is 4.14. The van der Waals surface area contributed by atoms with Crippen LogP contribution in [0.4, 0.5) is 5.82 Å². The predicted molar refractivity (Wildman–Crippen MR) is 87.8 cm³/mol. The Morgan fingerprint density at radius 1 is 1.24 bits per heavy atom. The summed E-state index contributed by atoms with van der Waals surface area (Å²) >= 11 is 13.6. The molecule has 0 atom stereocenters. The van der Waals surface area contributed by atoms with Gasteiger partial charge in [0.15, 0.2) is 5.82 Å². The monoisotopic (exact) mass is 339 g/mol. The molecule has 0 unspecified atom stereocenters. The van der Waals surface area contributed by atoms with Gasteiger partial charge in [-0.25, -0.2) is 9.97 Å². The Balaban J connectivity index is 1.86. The molecule has 0 aliphatic heterocycles. The van der Waals surface area contributed by atoms with Gasteiger partial charge < -0.3 is 10.1 Å². The highest BCUT2D eigenvalue weighted by Gasteiger charge is 2.10. The van der Waals surface area contributed by atoms with E-state index in [9.17, 15) is 0 Å². The van der Waals surface area contributed by atoms with Crippen LogP contribution in [0.15, 0.2) is 29.6 Å². The maximum absolute atomic E-state index is 6.09. The van der Waals surface area contributed by atoms with Gasteiger partial charge in [-0.3, -0.25) is 0 Å². The van der Waals surface area contributed by atoms with Crippen molar-refractivity contribution in [3.05, 3.63) is 45.5 Å². The van der Waals surface area contributed by atoms with Crippen LogP contribution in [-0.2, 0) is 6.61 Å². The number of nitrogens with one attached hydrogen (secondary N) is 1. The first-order valence-corrected chi connectivity index (χ1v) is 7.81. The molecule has 0 aliphatic rings. The van der Waals surface area contributed by atoms with E-state index in [1.807, 2.05) is 18.5 Å². The minimum Gasteiger partial charge on any atom is -0.484 e. The molecule has 0 saturated carbocycles. The van der Waals surface area contributed by atoms with E-state index < -0.39 is 0 Å². The van der Waals surface area contributed by atoms with Gasteiger partial charge in [0.2, 0.25) is 0 Å². The highest BCUT2D eigenvalue weighted by Crippen LogP contribution is 2.32. The second-order valence-corrected chi connectivity index (χ2v) is 5.90. The van der Waals surface area contributed by atoms with E-state index in [4.69, 9.17) is 27.9 Å². The number of rotatable bonds is 4. The Bertz CT molecular complexity index is 791. The Labute approximate surface area is 135 Å². The summed E-state index contributed by atoms with van der Waals surface area (Å²) in [6.07, 6.45) is 0. The van der Waals surface area contributed by atoms with Crippen LogP contribution in [0.2, 0.25) is 10.0 Å². The van der Waals surface area contributed by atoms with Crippen molar-refractivity contribution in [1.29, 1.82) is 0 Å². The lowest BCUT2D eigenvalue weighted by atomic mass is 10.3. The molecule has 1 N–H and O–H groups in total. The number of halogens is 2. The van der Waals surface area contributed by atoms with E-state index >= 15 is 0 Å².